The van der Waals surface area contributed by atoms with Crippen molar-refractivity contribution in [2.24, 2.45) is 0 Å². The maximum atomic E-state index is 13.1. The number of hydrogen-bond acceptors (Lipinski definition) is 3. The number of nitrogens with one attached hydrogen (secondary N) is 2. The van der Waals surface area contributed by atoms with Crippen LogP contribution in [0.4, 0.5) is 11.5 Å². The number of carbonyl (C=O) groups is 2. The van der Waals surface area contributed by atoms with Gasteiger partial charge in [-0.2, -0.15) is 5.10 Å². The number of aromatic nitrogens is 2. The Morgan fingerprint density at radius 3 is 2.64 bits per heavy atom. The van der Waals surface area contributed by atoms with Crippen LogP contribution in [-0.4, -0.2) is 21.6 Å². The summed E-state index contributed by atoms with van der Waals surface area (Å²) in [6.45, 7) is 0.430. The largest absolute Gasteiger partial charge is 0.325 e. The summed E-state index contributed by atoms with van der Waals surface area (Å²) in [4.78, 5) is 25.7. The van der Waals surface area contributed by atoms with Crippen molar-refractivity contribution in [1.82, 2.24) is 9.78 Å². The number of rotatable bonds is 2. The molecule has 6 nitrogen and oxygen atoms in total. The van der Waals surface area contributed by atoms with E-state index < -0.39 is 5.41 Å². The highest BCUT2D eigenvalue weighted by molar-refractivity contribution is 6.33. The summed E-state index contributed by atoms with van der Waals surface area (Å²) < 4.78 is 1.68. The SMILES string of the molecule is O=C1CC2(C(=O)Nc3cccc(Cl)c32)c2cnn(Cc3ccc(Cl)cc3)c2N1. The number of halogens is 2. The number of fused-ring (bicyclic) bond motifs is 4. The molecular weight excluding hydrogens is 399 g/mol. The van der Waals surface area contributed by atoms with E-state index >= 15 is 0 Å². The summed E-state index contributed by atoms with van der Waals surface area (Å²) in [6.07, 6.45) is 1.62. The molecule has 0 fully saturated rings. The van der Waals surface area contributed by atoms with Crippen molar-refractivity contribution < 1.29 is 9.59 Å². The van der Waals surface area contributed by atoms with Gasteiger partial charge in [-0.05, 0) is 29.8 Å². The van der Waals surface area contributed by atoms with Gasteiger partial charge in [0.2, 0.25) is 11.8 Å². The summed E-state index contributed by atoms with van der Waals surface area (Å²) >= 11 is 12.4. The third-order valence-electron chi connectivity index (χ3n) is 5.30. The molecule has 0 radical (unpaired) electrons. The zero-order valence-corrected chi connectivity index (χ0v) is 16.0. The molecule has 2 aliphatic heterocycles. The number of benzene rings is 2. The Bertz CT molecular complexity index is 1140. The average molecular weight is 413 g/mol. The summed E-state index contributed by atoms with van der Waals surface area (Å²) in [5, 5.41) is 11.3. The number of nitrogens with zero attached hydrogens (tertiary/aromatic N) is 2. The van der Waals surface area contributed by atoms with E-state index in [1.807, 2.05) is 12.1 Å². The van der Waals surface area contributed by atoms with Crippen molar-refractivity contribution in [2.75, 3.05) is 10.6 Å². The number of amides is 2. The van der Waals surface area contributed by atoms with Gasteiger partial charge in [0.1, 0.15) is 11.2 Å². The molecule has 1 aromatic heterocycles. The van der Waals surface area contributed by atoms with Gasteiger partial charge >= 0.3 is 0 Å². The average Bonchev–Trinajstić information content (AvgIpc) is 3.18. The second-order valence-corrected chi connectivity index (χ2v) is 7.78. The van der Waals surface area contributed by atoms with Crippen molar-refractivity contribution in [3.63, 3.8) is 0 Å². The van der Waals surface area contributed by atoms with Crippen molar-refractivity contribution in [2.45, 2.75) is 18.4 Å². The van der Waals surface area contributed by atoms with Crippen LogP contribution in [0.15, 0.2) is 48.7 Å². The lowest BCUT2D eigenvalue weighted by atomic mass is 9.72. The topological polar surface area (TPSA) is 76.0 Å². The molecular formula is C20H14Cl2N4O2. The monoisotopic (exact) mass is 412 g/mol. The Morgan fingerprint density at radius 1 is 1.07 bits per heavy atom. The molecule has 140 valence electrons. The molecule has 0 saturated carbocycles. The molecule has 1 atom stereocenters. The van der Waals surface area contributed by atoms with Crippen LogP contribution in [0.5, 0.6) is 0 Å². The second kappa shape index (κ2) is 6.09. The number of hydrogen-bond donors (Lipinski definition) is 2. The lowest BCUT2D eigenvalue weighted by molar-refractivity contribution is -0.125. The van der Waals surface area contributed by atoms with Crippen LogP contribution >= 0.6 is 23.2 Å². The van der Waals surface area contributed by atoms with E-state index in [0.29, 0.717) is 39.2 Å². The van der Waals surface area contributed by atoms with Gasteiger partial charge in [0, 0.05) is 33.3 Å². The van der Waals surface area contributed by atoms with E-state index in [0.717, 1.165) is 5.56 Å². The Labute approximate surface area is 170 Å². The van der Waals surface area contributed by atoms with Gasteiger partial charge in [-0.25, -0.2) is 4.68 Å². The smallest absolute Gasteiger partial charge is 0.240 e. The van der Waals surface area contributed by atoms with Gasteiger partial charge in [-0.15, -0.1) is 0 Å². The first-order valence-electron chi connectivity index (χ1n) is 8.70. The molecule has 3 heterocycles. The van der Waals surface area contributed by atoms with Crippen molar-refractivity contribution in [3.8, 4) is 0 Å². The highest BCUT2D eigenvalue weighted by atomic mass is 35.5. The zero-order valence-electron chi connectivity index (χ0n) is 14.5. The fourth-order valence-corrected chi connectivity index (χ4v) is 4.52. The molecule has 5 rings (SSSR count). The highest BCUT2D eigenvalue weighted by Crippen LogP contribution is 2.52. The molecule has 2 aliphatic rings. The maximum absolute atomic E-state index is 13.1. The lowest BCUT2D eigenvalue weighted by Crippen LogP contribution is -2.43. The predicted molar refractivity (Wildman–Crippen MR) is 107 cm³/mol. The van der Waals surface area contributed by atoms with E-state index in [4.69, 9.17) is 23.2 Å². The van der Waals surface area contributed by atoms with E-state index in [-0.39, 0.29) is 18.2 Å². The molecule has 28 heavy (non-hydrogen) atoms. The van der Waals surface area contributed by atoms with Crippen LogP contribution in [0.1, 0.15) is 23.1 Å². The standard InChI is InChI=1S/C20H14Cl2N4O2/c21-12-6-4-11(5-7-12)10-26-18-13(9-23-26)20(8-16(27)25-18)17-14(22)2-1-3-15(17)24-19(20)28/h1-7,9H,8,10H2,(H,24,28)(H,25,27). The molecule has 2 aromatic carbocycles. The van der Waals surface area contributed by atoms with E-state index in [1.54, 1.807) is 41.2 Å². The predicted octanol–water partition coefficient (Wildman–Crippen LogP) is 3.82. The maximum Gasteiger partial charge on any atom is 0.240 e. The van der Waals surface area contributed by atoms with Gasteiger partial charge in [-0.1, -0.05) is 41.4 Å². The molecule has 1 spiro atoms. The van der Waals surface area contributed by atoms with E-state index in [2.05, 4.69) is 15.7 Å². The number of anilines is 2. The van der Waals surface area contributed by atoms with Crippen LogP contribution in [0.3, 0.4) is 0 Å². The Kier molecular flexibility index (Phi) is 3.76. The lowest BCUT2D eigenvalue weighted by Gasteiger charge is -2.32. The van der Waals surface area contributed by atoms with Crippen LogP contribution < -0.4 is 10.6 Å². The minimum absolute atomic E-state index is 0.0186. The van der Waals surface area contributed by atoms with Crippen LogP contribution in [-0.2, 0) is 21.5 Å². The molecule has 0 saturated heterocycles. The first-order chi connectivity index (χ1) is 13.5. The number of carbonyl (C=O) groups excluding carboxylic acids is 2. The summed E-state index contributed by atoms with van der Waals surface area (Å²) in [5.74, 6) is -0.0138. The fourth-order valence-electron chi connectivity index (χ4n) is 4.05. The molecule has 3 aromatic rings. The molecule has 1 unspecified atom stereocenters. The first kappa shape index (κ1) is 17.3. The first-order valence-corrected chi connectivity index (χ1v) is 9.45. The Balaban J connectivity index is 1.66. The quantitative estimate of drug-likeness (QED) is 0.671. The second-order valence-electron chi connectivity index (χ2n) is 6.94. The summed E-state index contributed by atoms with van der Waals surface area (Å²) in [7, 11) is 0. The Hall–Kier alpha value is -2.83. The fraction of sp³-hybridized carbons (Fsp3) is 0.150. The van der Waals surface area contributed by atoms with Crippen LogP contribution in [0.25, 0.3) is 0 Å². The van der Waals surface area contributed by atoms with Gasteiger partial charge in [0.25, 0.3) is 0 Å². The van der Waals surface area contributed by atoms with Gasteiger partial charge in [0.05, 0.1) is 12.7 Å². The minimum atomic E-state index is -1.18. The van der Waals surface area contributed by atoms with Crippen molar-refractivity contribution >= 4 is 46.5 Å². The summed E-state index contributed by atoms with van der Waals surface area (Å²) in [5.41, 5.74) is 1.69. The van der Waals surface area contributed by atoms with Gasteiger partial charge in [0.15, 0.2) is 0 Å². The van der Waals surface area contributed by atoms with E-state index in [9.17, 15) is 9.59 Å². The molecule has 0 aliphatic carbocycles. The van der Waals surface area contributed by atoms with Crippen molar-refractivity contribution in [1.29, 1.82) is 0 Å². The van der Waals surface area contributed by atoms with Crippen molar-refractivity contribution in [3.05, 3.63) is 75.4 Å². The van der Waals surface area contributed by atoms with Crippen LogP contribution in [0, 0.1) is 0 Å². The summed E-state index contributed by atoms with van der Waals surface area (Å²) in [6, 6.07) is 12.7. The van der Waals surface area contributed by atoms with Gasteiger partial charge < -0.3 is 10.6 Å². The third kappa shape index (κ3) is 2.38. The minimum Gasteiger partial charge on any atom is -0.325 e. The van der Waals surface area contributed by atoms with Gasteiger partial charge in [-0.3, -0.25) is 9.59 Å². The molecule has 8 heteroatoms. The van der Waals surface area contributed by atoms with E-state index in [1.165, 1.54) is 0 Å². The van der Waals surface area contributed by atoms with Crippen LogP contribution in [0.2, 0.25) is 10.0 Å². The molecule has 2 N–H and O–H groups in total. The third-order valence-corrected chi connectivity index (χ3v) is 5.87. The molecule has 2 amide bonds. The normalized spacial score (nSPS) is 19.9. The molecule has 0 bridgehead atoms. The highest BCUT2D eigenvalue weighted by Gasteiger charge is 2.55. The Morgan fingerprint density at radius 2 is 1.86 bits per heavy atom. The zero-order chi connectivity index (χ0) is 19.5.